The summed E-state index contributed by atoms with van der Waals surface area (Å²) in [5.74, 6) is -1.24. The van der Waals surface area contributed by atoms with Crippen LogP contribution in [0.1, 0.15) is 44.4 Å². The number of carbonyl (C=O) groups excluding carboxylic acids is 1. The molecule has 2 aromatic rings. The number of benzene rings is 2. The van der Waals surface area contributed by atoms with Gasteiger partial charge in [-0.05, 0) is 23.8 Å². The van der Waals surface area contributed by atoms with Gasteiger partial charge in [0.25, 0.3) is 0 Å². The van der Waals surface area contributed by atoms with Crippen molar-refractivity contribution in [2.24, 2.45) is 10.5 Å². The number of hydrazone groups is 1. The molecule has 0 aromatic heterocycles. The Morgan fingerprint density at radius 2 is 1.80 bits per heavy atom. The molecule has 0 saturated carbocycles. The summed E-state index contributed by atoms with van der Waals surface area (Å²) in [6, 6.07) is 12.4. The Morgan fingerprint density at radius 1 is 1.12 bits per heavy atom. The first-order chi connectivity index (χ1) is 11.8. The molecule has 3 nitrogen and oxygen atoms in total. The number of hydrogen-bond acceptors (Lipinski definition) is 2. The minimum absolute atomic E-state index is 0.102. The summed E-state index contributed by atoms with van der Waals surface area (Å²) in [6.45, 7) is 5.44. The number of carbonyl (C=O) groups is 1. The number of rotatable bonds is 2. The van der Waals surface area contributed by atoms with Crippen LogP contribution in [0.15, 0.2) is 53.6 Å². The average Bonchev–Trinajstić information content (AvgIpc) is 3.01. The van der Waals surface area contributed by atoms with Gasteiger partial charge in [0.05, 0.1) is 11.8 Å². The van der Waals surface area contributed by atoms with Crippen molar-refractivity contribution < 1.29 is 13.6 Å². The Labute approximate surface area is 146 Å². The van der Waals surface area contributed by atoms with Gasteiger partial charge in [-0.15, -0.1) is 0 Å². The lowest BCUT2D eigenvalue weighted by Crippen LogP contribution is -2.36. The third-order valence-electron chi connectivity index (χ3n) is 4.18. The molecule has 25 heavy (non-hydrogen) atoms. The van der Waals surface area contributed by atoms with E-state index in [9.17, 15) is 13.6 Å². The summed E-state index contributed by atoms with van der Waals surface area (Å²) in [5.41, 5.74) is 0.760. The van der Waals surface area contributed by atoms with E-state index in [0.717, 1.165) is 23.8 Å². The molecule has 0 radical (unpaired) electrons. The minimum atomic E-state index is -0.632. The first kappa shape index (κ1) is 17.3. The highest BCUT2D eigenvalue weighted by Gasteiger charge is 2.38. The van der Waals surface area contributed by atoms with E-state index in [4.69, 9.17) is 0 Å². The molecule has 0 bridgehead atoms. The van der Waals surface area contributed by atoms with E-state index < -0.39 is 17.0 Å². The molecule has 1 heterocycles. The van der Waals surface area contributed by atoms with E-state index in [1.165, 1.54) is 5.01 Å². The second kappa shape index (κ2) is 6.39. The van der Waals surface area contributed by atoms with Gasteiger partial charge < -0.3 is 0 Å². The van der Waals surface area contributed by atoms with Gasteiger partial charge in [-0.25, -0.2) is 13.8 Å². The lowest BCUT2D eigenvalue weighted by atomic mass is 9.93. The highest BCUT2D eigenvalue weighted by atomic mass is 19.1. The molecule has 1 atom stereocenters. The maximum atomic E-state index is 14.2. The van der Waals surface area contributed by atoms with Crippen molar-refractivity contribution in [2.45, 2.75) is 33.2 Å². The number of hydrogen-bond donors (Lipinski definition) is 0. The maximum Gasteiger partial charge on any atom is 0.248 e. The predicted molar refractivity (Wildman–Crippen MR) is 93.0 cm³/mol. The fraction of sp³-hybridized carbons (Fsp3) is 0.300. The fourth-order valence-electron chi connectivity index (χ4n) is 2.86. The molecule has 0 N–H and O–H groups in total. The Hall–Kier alpha value is -2.56. The summed E-state index contributed by atoms with van der Waals surface area (Å²) in [4.78, 5) is 12.8. The van der Waals surface area contributed by atoms with E-state index in [1.54, 1.807) is 0 Å². The number of nitrogens with zero attached hydrogens (tertiary/aromatic N) is 2. The van der Waals surface area contributed by atoms with Crippen LogP contribution < -0.4 is 0 Å². The highest BCUT2D eigenvalue weighted by Crippen LogP contribution is 2.36. The monoisotopic (exact) mass is 342 g/mol. The average molecular weight is 342 g/mol. The van der Waals surface area contributed by atoms with Gasteiger partial charge in [-0.2, -0.15) is 5.10 Å². The number of halogens is 2. The van der Waals surface area contributed by atoms with E-state index in [0.29, 0.717) is 12.1 Å². The molecule has 1 unspecified atom stereocenters. The molecule has 5 heteroatoms. The molecule has 3 rings (SSSR count). The van der Waals surface area contributed by atoms with Crippen LogP contribution in [0, 0.1) is 17.0 Å². The van der Waals surface area contributed by atoms with Crippen LogP contribution in [0.2, 0.25) is 0 Å². The van der Waals surface area contributed by atoms with Gasteiger partial charge in [0.1, 0.15) is 11.6 Å². The third-order valence-corrected chi connectivity index (χ3v) is 4.18. The van der Waals surface area contributed by atoms with Crippen LogP contribution in [0.4, 0.5) is 8.78 Å². The first-order valence-electron chi connectivity index (χ1n) is 8.19. The summed E-state index contributed by atoms with van der Waals surface area (Å²) < 4.78 is 27.7. The Kier molecular flexibility index (Phi) is 4.41. The van der Waals surface area contributed by atoms with Gasteiger partial charge in [0.15, 0.2) is 0 Å². The standard InChI is InChI=1S/C20H20F2N2O/c1-20(2,3)19(25)24-18(13-7-5-4-6-8-13)12-17(23-24)15-11-14(21)9-10-16(15)22/h4-11,18H,12H2,1-3H3. The Bertz CT molecular complexity index is 825. The van der Waals surface area contributed by atoms with Gasteiger partial charge in [-0.3, -0.25) is 4.79 Å². The molecule has 130 valence electrons. The molecule has 1 aliphatic heterocycles. The van der Waals surface area contributed by atoms with Crippen LogP contribution in [0.5, 0.6) is 0 Å². The van der Waals surface area contributed by atoms with Gasteiger partial charge in [0, 0.05) is 17.4 Å². The second-order valence-electron chi connectivity index (χ2n) is 7.20. The van der Waals surface area contributed by atoms with E-state index in [1.807, 2.05) is 51.1 Å². The van der Waals surface area contributed by atoms with Gasteiger partial charge in [-0.1, -0.05) is 51.1 Å². The first-order valence-corrected chi connectivity index (χ1v) is 8.19. The van der Waals surface area contributed by atoms with Gasteiger partial charge >= 0.3 is 0 Å². The second-order valence-corrected chi connectivity index (χ2v) is 7.20. The van der Waals surface area contributed by atoms with Gasteiger partial charge in [0.2, 0.25) is 5.91 Å². The van der Waals surface area contributed by atoms with E-state index in [-0.39, 0.29) is 17.5 Å². The van der Waals surface area contributed by atoms with Crippen LogP contribution in [-0.2, 0) is 4.79 Å². The smallest absolute Gasteiger partial charge is 0.248 e. The molecule has 1 aliphatic rings. The maximum absolute atomic E-state index is 14.2. The van der Waals surface area contributed by atoms with Crippen LogP contribution >= 0.6 is 0 Å². The summed E-state index contributed by atoms with van der Waals surface area (Å²) in [5, 5.41) is 5.79. The zero-order valence-corrected chi connectivity index (χ0v) is 14.5. The molecule has 0 spiro atoms. The predicted octanol–water partition coefficient (Wildman–Crippen LogP) is 4.69. The fourth-order valence-corrected chi connectivity index (χ4v) is 2.86. The Balaban J connectivity index is 2.04. The van der Waals surface area contributed by atoms with Crippen molar-refractivity contribution in [3.63, 3.8) is 0 Å². The van der Waals surface area contributed by atoms with Crippen molar-refractivity contribution in [1.29, 1.82) is 0 Å². The Morgan fingerprint density at radius 3 is 2.44 bits per heavy atom. The van der Waals surface area contributed by atoms with Crippen molar-refractivity contribution in [3.8, 4) is 0 Å². The summed E-state index contributed by atoms with van der Waals surface area (Å²) in [6.07, 6.45) is 0.339. The van der Waals surface area contributed by atoms with Crippen LogP contribution in [0.25, 0.3) is 0 Å². The molecule has 1 amide bonds. The summed E-state index contributed by atoms with van der Waals surface area (Å²) in [7, 11) is 0. The van der Waals surface area contributed by atoms with Crippen LogP contribution in [-0.4, -0.2) is 16.6 Å². The minimum Gasteiger partial charge on any atom is -0.272 e. The normalized spacial score (nSPS) is 17.6. The highest BCUT2D eigenvalue weighted by molar-refractivity contribution is 6.03. The van der Waals surface area contributed by atoms with Crippen molar-refractivity contribution in [2.75, 3.05) is 0 Å². The zero-order chi connectivity index (χ0) is 18.2. The van der Waals surface area contributed by atoms with E-state index >= 15 is 0 Å². The van der Waals surface area contributed by atoms with Crippen LogP contribution in [0.3, 0.4) is 0 Å². The zero-order valence-electron chi connectivity index (χ0n) is 14.5. The molecule has 0 aliphatic carbocycles. The molecule has 2 aromatic carbocycles. The summed E-state index contributed by atoms with van der Waals surface area (Å²) >= 11 is 0. The third kappa shape index (κ3) is 3.45. The van der Waals surface area contributed by atoms with E-state index in [2.05, 4.69) is 5.10 Å². The van der Waals surface area contributed by atoms with Crippen molar-refractivity contribution in [3.05, 3.63) is 71.3 Å². The molecular weight excluding hydrogens is 322 g/mol. The topological polar surface area (TPSA) is 32.7 Å². The number of amides is 1. The molecular formula is C20H20F2N2O. The molecule has 0 saturated heterocycles. The SMILES string of the molecule is CC(C)(C)C(=O)N1N=C(c2cc(F)ccc2F)CC1c1ccccc1. The largest absolute Gasteiger partial charge is 0.272 e. The van der Waals surface area contributed by atoms with Crippen molar-refractivity contribution >= 4 is 11.6 Å². The van der Waals surface area contributed by atoms with Crippen molar-refractivity contribution in [1.82, 2.24) is 5.01 Å². The lowest BCUT2D eigenvalue weighted by molar-refractivity contribution is -0.141. The quantitative estimate of drug-likeness (QED) is 0.779. The molecule has 0 fully saturated rings. The lowest BCUT2D eigenvalue weighted by Gasteiger charge is -2.28.